The molecule has 0 fully saturated rings. The van der Waals surface area contributed by atoms with Gasteiger partial charge in [-0.3, -0.25) is 9.13 Å². The molecule has 0 aromatic rings. The molecule has 17 heavy (non-hydrogen) atoms. The van der Waals surface area contributed by atoms with E-state index in [-0.39, 0.29) is 30.6 Å². The Bertz CT molecular complexity index is 225. The van der Waals surface area contributed by atoms with Gasteiger partial charge in [0, 0.05) is 25.4 Å². The molecule has 10 N–H and O–H groups in total. The molecule has 0 spiro atoms. The summed E-state index contributed by atoms with van der Waals surface area (Å²) in [6.07, 6.45) is -0.356. The third-order valence-corrected chi connectivity index (χ3v) is 3.11. The van der Waals surface area contributed by atoms with Crippen LogP contribution in [-0.4, -0.2) is 50.5 Å². The van der Waals surface area contributed by atoms with Crippen LogP contribution in [0.1, 0.15) is 12.8 Å². The van der Waals surface area contributed by atoms with Gasteiger partial charge in [0.15, 0.2) is 0 Å². The number of hydrogen-bond donors (Lipinski definition) is 6. The van der Waals surface area contributed by atoms with Crippen molar-refractivity contribution in [3.05, 3.63) is 0 Å². The molecular weight excluding hydrogens is 274 g/mol. The Balaban J connectivity index is -0.000000340. The summed E-state index contributed by atoms with van der Waals surface area (Å²) in [4.78, 5) is 33.5. The lowest BCUT2D eigenvalue weighted by Gasteiger charge is -2.04. The highest BCUT2D eigenvalue weighted by molar-refractivity contribution is 7.52. The van der Waals surface area contributed by atoms with E-state index >= 15 is 0 Å². The van der Waals surface area contributed by atoms with Crippen molar-refractivity contribution >= 4 is 15.2 Å². The lowest BCUT2D eigenvalue weighted by atomic mass is 10.4. The minimum absolute atomic E-state index is 0. The van der Waals surface area contributed by atoms with E-state index < -0.39 is 15.2 Å². The zero-order valence-corrected chi connectivity index (χ0v) is 11.2. The van der Waals surface area contributed by atoms with E-state index in [1.165, 1.54) is 0 Å². The van der Waals surface area contributed by atoms with E-state index in [0.717, 1.165) is 0 Å². The number of rotatable bonds is 6. The van der Waals surface area contributed by atoms with Gasteiger partial charge in [0.2, 0.25) is 0 Å². The Labute approximate surface area is 99.8 Å². The van der Waals surface area contributed by atoms with Crippen LogP contribution in [0.25, 0.3) is 0 Å². The third kappa shape index (κ3) is 31.4. The van der Waals surface area contributed by atoms with Crippen molar-refractivity contribution in [2.75, 3.05) is 25.4 Å². The first-order valence-corrected chi connectivity index (χ1v) is 8.21. The van der Waals surface area contributed by atoms with E-state index in [9.17, 15) is 9.13 Å². The molecule has 0 saturated carbocycles. The SMILES string of the molecule is NCCN.O.O=P(O)(O)CCCCP(=O)(O)O. The predicted octanol–water partition coefficient (Wildman–Crippen LogP) is -1.80. The van der Waals surface area contributed by atoms with Crippen LogP contribution in [-0.2, 0) is 9.13 Å². The van der Waals surface area contributed by atoms with Gasteiger partial charge in [-0.2, -0.15) is 0 Å². The minimum Gasteiger partial charge on any atom is -0.412 e. The number of unbranched alkanes of at least 4 members (excludes halogenated alkanes) is 1. The summed E-state index contributed by atoms with van der Waals surface area (Å²) in [5, 5.41) is 0. The molecule has 0 aliphatic heterocycles. The van der Waals surface area contributed by atoms with Gasteiger partial charge in [-0.25, -0.2) is 0 Å². The second-order valence-corrected chi connectivity index (χ2v) is 6.61. The van der Waals surface area contributed by atoms with Gasteiger partial charge < -0.3 is 36.5 Å². The molecule has 0 radical (unpaired) electrons. The van der Waals surface area contributed by atoms with Crippen LogP contribution in [0.3, 0.4) is 0 Å². The topological polar surface area (TPSA) is 199 Å². The predicted molar refractivity (Wildman–Crippen MR) is 64.8 cm³/mol. The molecule has 0 rings (SSSR count). The second kappa shape index (κ2) is 11.3. The maximum Gasteiger partial charge on any atom is 0.325 e. The fraction of sp³-hybridized carbons (Fsp3) is 1.00. The van der Waals surface area contributed by atoms with E-state index in [1.807, 2.05) is 0 Å². The van der Waals surface area contributed by atoms with Crippen molar-refractivity contribution in [2.24, 2.45) is 11.5 Å². The summed E-state index contributed by atoms with van der Waals surface area (Å²) in [7, 11) is -8.00. The highest BCUT2D eigenvalue weighted by atomic mass is 31.2. The standard InChI is InChI=1S/C4H12O6P2.C2H8N2.H2O/c5-11(6,7)3-1-2-4-12(8,9)10;3-1-2-4;/h1-4H2,(H2,5,6,7)(H2,8,9,10);1-4H2;1H2. The van der Waals surface area contributed by atoms with Crippen LogP contribution in [0.2, 0.25) is 0 Å². The molecule has 9 nitrogen and oxygen atoms in total. The average Bonchev–Trinajstić information content (AvgIpc) is 2.10. The molecule has 0 atom stereocenters. The van der Waals surface area contributed by atoms with Gasteiger partial charge in [-0.1, -0.05) is 0 Å². The molecule has 0 saturated heterocycles. The van der Waals surface area contributed by atoms with Gasteiger partial charge >= 0.3 is 15.2 Å². The molecule has 108 valence electrons. The van der Waals surface area contributed by atoms with Crippen molar-refractivity contribution in [1.29, 1.82) is 0 Å². The highest BCUT2D eigenvalue weighted by Gasteiger charge is 2.15. The Kier molecular flexibility index (Phi) is 14.8. The van der Waals surface area contributed by atoms with Crippen LogP contribution in [0.4, 0.5) is 0 Å². The fourth-order valence-corrected chi connectivity index (χ4v) is 1.91. The molecule has 11 heteroatoms. The van der Waals surface area contributed by atoms with Gasteiger partial charge in [0.25, 0.3) is 0 Å². The van der Waals surface area contributed by atoms with Crippen molar-refractivity contribution in [3.8, 4) is 0 Å². The average molecular weight is 296 g/mol. The number of hydrogen-bond acceptors (Lipinski definition) is 4. The largest absolute Gasteiger partial charge is 0.412 e. The second-order valence-electron chi connectivity index (χ2n) is 3.06. The van der Waals surface area contributed by atoms with Crippen LogP contribution >= 0.6 is 15.2 Å². The zero-order chi connectivity index (χ0) is 13.2. The van der Waals surface area contributed by atoms with Crippen LogP contribution in [0.15, 0.2) is 0 Å². The molecule has 0 aliphatic rings. The molecular formula is C6H22N2O7P2. The summed E-state index contributed by atoms with van der Waals surface area (Å²) >= 11 is 0. The fourth-order valence-electron chi connectivity index (χ4n) is 0.636. The molecule has 0 aromatic carbocycles. The van der Waals surface area contributed by atoms with E-state index in [0.29, 0.717) is 13.1 Å². The lowest BCUT2D eigenvalue weighted by Crippen LogP contribution is -2.11. The van der Waals surface area contributed by atoms with Crippen molar-refractivity contribution < 1.29 is 34.2 Å². The van der Waals surface area contributed by atoms with Crippen molar-refractivity contribution in [1.82, 2.24) is 0 Å². The van der Waals surface area contributed by atoms with Crippen LogP contribution in [0, 0.1) is 0 Å². The zero-order valence-electron chi connectivity index (χ0n) is 9.40. The molecule has 0 aromatic heterocycles. The highest BCUT2D eigenvalue weighted by Crippen LogP contribution is 2.38. The van der Waals surface area contributed by atoms with Gasteiger partial charge in [-0.15, -0.1) is 0 Å². The Morgan fingerprint density at radius 2 is 1.00 bits per heavy atom. The van der Waals surface area contributed by atoms with E-state index in [4.69, 9.17) is 31.0 Å². The summed E-state index contributed by atoms with van der Waals surface area (Å²) < 4.78 is 20.5. The van der Waals surface area contributed by atoms with Crippen LogP contribution < -0.4 is 11.5 Å². The summed E-state index contributed by atoms with van der Waals surface area (Å²) in [6.45, 7) is 1.19. The van der Waals surface area contributed by atoms with Crippen molar-refractivity contribution in [3.63, 3.8) is 0 Å². The monoisotopic (exact) mass is 296 g/mol. The van der Waals surface area contributed by atoms with E-state index in [1.54, 1.807) is 0 Å². The first-order chi connectivity index (χ1) is 7.12. The molecule has 0 bridgehead atoms. The Morgan fingerprint density at radius 3 is 1.12 bits per heavy atom. The van der Waals surface area contributed by atoms with Crippen LogP contribution in [0.5, 0.6) is 0 Å². The Morgan fingerprint density at radius 1 is 0.765 bits per heavy atom. The molecule has 0 amide bonds. The molecule has 0 aliphatic carbocycles. The van der Waals surface area contributed by atoms with Crippen molar-refractivity contribution in [2.45, 2.75) is 12.8 Å². The Hall–Kier alpha value is 0.180. The third-order valence-electron chi connectivity index (χ3n) is 1.32. The van der Waals surface area contributed by atoms with Gasteiger partial charge in [-0.05, 0) is 12.8 Å². The quantitative estimate of drug-likeness (QED) is 0.243. The smallest absolute Gasteiger partial charge is 0.325 e. The number of nitrogens with two attached hydrogens (primary N) is 2. The van der Waals surface area contributed by atoms with Gasteiger partial charge in [0.1, 0.15) is 0 Å². The first kappa shape index (κ1) is 22.4. The maximum atomic E-state index is 10.3. The maximum absolute atomic E-state index is 10.3. The normalized spacial score (nSPS) is 11.2. The minimum atomic E-state index is -4.00. The first-order valence-electron chi connectivity index (χ1n) is 4.61. The molecule has 0 heterocycles. The summed E-state index contributed by atoms with van der Waals surface area (Å²) in [6, 6.07) is 0. The molecule has 0 unspecified atom stereocenters. The summed E-state index contributed by atoms with van der Waals surface area (Å²) in [5.41, 5.74) is 9.81. The summed E-state index contributed by atoms with van der Waals surface area (Å²) in [5.74, 6) is 0. The van der Waals surface area contributed by atoms with Gasteiger partial charge in [0.05, 0.1) is 0 Å². The van der Waals surface area contributed by atoms with E-state index in [2.05, 4.69) is 0 Å². The lowest BCUT2D eigenvalue weighted by molar-refractivity contribution is 0.364.